The van der Waals surface area contributed by atoms with Crippen LogP contribution in [-0.4, -0.2) is 52.2 Å². The normalized spacial score (nSPS) is 19.5. The van der Waals surface area contributed by atoms with Crippen LogP contribution in [0.25, 0.3) is 0 Å². The van der Waals surface area contributed by atoms with Gasteiger partial charge in [0.2, 0.25) is 10.0 Å². The van der Waals surface area contributed by atoms with Gasteiger partial charge in [0.1, 0.15) is 4.21 Å². The van der Waals surface area contributed by atoms with Crippen LogP contribution in [0, 0.1) is 0 Å². The van der Waals surface area contributed by atoms with Crippen molar-refractivity contribution >= 4 is 37.3 Å². The van der Waals surface area contributed by atoms with Gasteiger partial charge in [0.15, 0.2) is 0 Å². The molecule has 1 unspecified atom stereocenters. The molecule has 1 fully saturated rings. The lowest BCUT2D eigenvalue weighted by molar-refractivity contribution is 0.0354. The molecule has 5 nitrogen and oxygen atoms in total. The van der Waals surface area contributed by atoms with Gasteiger partial charge >= 0.3 is 0 Å². The van der Waals surface area contributed by atoms with Crippen LogP contribution in [0.2, 0.25) is 0 Å². The molecule has 1 N–H and O–H groups in total. The van der Waals surface area contributed by atoms with Crippen LogP contribution in [0.4, 0.5) is 0 Å². The van der Waals surface area contributed by atoms with E-state index in [4.69, 9.17) is 4.74 Å². The highest BCUT2D eigenvalue weighted by molar-refractivity contribution is 9.11. The topological polar surface area (TPSA) is 58.6 Å². The summed E-state index contributed by atoms with van der Waals surface area (Å²) in [6, 6.07) is 3.23. The smallest absolute Gasteiger partial charge is 0.250 e. The summed E-state index contributed by atoms with van der Waals surface area (Å²) in [7, 11) is -3.41. The molecule has 0 bridgehead atoms. The van der Waals surface area contributed by atoms with Gasteiger partial charge in [0, 0.05) is 25.7 Å². The molecule has 1 aliphatic rings. The molecular weight excluding hydrogens is 352 g/mol. The second-order valence-corrected chi connectivity index (χ2v) is 8.90. The third kappa shape index (κ3) is 4.51. The van der Waals surface area contributed by atoms with E-state index in [1.165, 1.54) is 11.3 Å². The first kappa shape index (κ1) is 15.4. The van der Waals surface area contributed by atoms with Crippen molar-refractivity contribution in [2.75, 3.05) is 32.8 Å². The largest absolute Gasteiger partial charge is 0.379 e. The van der Waals surface area contributed by atoms with Gasteiger partial charge in [-0.25, -0.2) is 13.1 Å². The number of hydrogen-bond acceptors (Lipinski definition) is 5. The molecule has 0 saturated carbocycles. The van der Waals surface area contributed by atoms with Gasteiger partial charge in [-0.3, -0.25) is 4.90 Å². The summed E-state index contributed by atoms with van der Waals surface area (Å²) in [6.45, 7) is 5.74. The average molecular weight is 369 g/mol. The lowest BCUT2D eigenvalue weighted by atomic mass is 10.3. The molecule has 0 radical (unpaired) electrons. The SMILES string of the molecule is CC(CN1CCOCC1)NS(=O)(=O)c1ccc(Br)s1. The predicted octanol–water partition coefficient (Wildman–Crippen LogP) is 1.51. The highest BCUT2D eigenvalue weighted by Crippen LogP contribution is 2.25. The van der Waals surface area contributed by atoms with E-state index >= 15 is 0 Å². The number of hydrogen-bond donors (Lipinski definition) is 1. The van der Waals surface area contributed by atoms with E-state index in [2.05, 4.69) is 25.6 Å². The predicted molar refractivity (Wildman–Crippen MR) is 79.1 cm³/mol. The minimum atomic E-state index is -3.41. The van der Waals surface area contributed by atoms with Crippen LogP contribution in [-0.2, 0) is 14.8 Å². The third-order valence-electron chi connectivity index (χ3n) is 2.81. The zero-order chi connectivity index (χ0) is 13.9. The van der Waals surface area contributed by atoms with Gasteiger partial charge in [0.25, 0.3) is 0 Å². The van der Waals surface area contributed by atoms with Crippen molar-refractivity contribution in [1.29, 1.82) is 0 Å². The van der Waals surface area contributed by atoms with Crippen molar-refractivity contribution in [1.82, 2.24) is 9.62 Å². The molecule has 2 heterocycles. The van der Waals surface area contributed by atoms with Crippen molar-refractivity contribution < 1.29 is 13.2 Å². The van der Waals surface area contributed by atoms with E-state index in [1.807, 2.05) is 6.92 Å². The Balaban J connectivity index is 1.92. The maximum Gasteiger partial charge on any atom is 0.250 e. The standard InChI is InChI=1S/C11H17BrN2O3S2/c1-9(8-14-4-6-17-7-5-14)13-19(15,16)11-3-2-10(12)18-11/h2-3,9,13H,4-8H2,1H3. The van der Waals surface area contributed by atoms with Gasteiger partial charge in [-0.05, 0) is 35.0 Å². The van der Waals surface area contributed by atoms with Gasteiger partial charge < -0.3 is 4.74 Å². The van der Waals surface area contributed by atoms with Crippen LogP contribution in [0.5, 0.6) is 0 Å². The Kier molecular flexibility index (Phi) is 5.38. The van der Waals surface area contributed by atoms with Gasteiger partial charge in [-0.15, -0.1) is 11.3 Å². The second-order valence-electron chi connectivity index (χ2n) is 4.49. The van der Waals surface area contributed by atoms with Gasteiger partial charge in [-0.2, -0.15) is 0 Å². The molecule has 1 aromatic rings. The van der Waals surface area contributed by atoms with Crippen molar-refractivity contribution in [3.63, 3.8) is 0 Å². The highest BCUT2D eigenvalue weighted by Gasteiger charge is 2.21. The summed E-state index contributed by atoms with van der Waals surface area (Å²) in [4.78, 5) is 2.21. The first-order chi connectivity index (χ1) is 8.97. The van der Waals surface area contributed by atoms with Crippen molar-refractivity contribution in [3.8, 4) is 0 Å². The first-order valence-electron chi connectivity index (χ1n) is 6.05. The maximum atomic E-state index is 12.1. The van der Waals surface area contributed by atoms with E-state index in [9.17, 15) is 8.42 Å². The van der Waals surface area contributed by atoms with E-state index in [1.54, 1.807) is 12.1 Å². The van der Waals surface area contributed by atoms with E-state index in [0.29, 0.717) is 10.8 Å². The summed E-state index contributed by atoms with van der Waals surface area (Å²) in [5.74, 6) is 0. The van der Waals surface area contributed by atoms with Crippen molar-refractivity contribution in [3.05, 3.63) is 15.9 Å². The molecule has 0 amide bonds. The Bertz CT molecular complexity index is 512. The number of ether oxygens (including phenoxy) is 1. The first-order valence-corrected chi connectivity index (χ1v) is 9.14. The molecule has 8 heteroatoms. The number of morpholine rings is 1. The molecule has 19 heavy (non-hydrogen) atoms. The van der Waals surface area contributed by atoms with E-state index in [0.717, 1.165) is 30.1 Å². The molecule has 1 saturated heterocycles. The molecular formula is C11H17BrN2O3S2. The van der Waals surface area contributed by atoms with Crippen LogP contribution in [0.1, 0.15) is 6.92 Å². The molecule has 2 rings (SSSR count). The zero-order valence-electron chi connectivity index (χ0n) is 10.6. The molecule has 108 valence electrons. The molecule has 1 aromatic heterocycles. The number of halogens is 1. The Morgan fingerprint density at radius 3 is 2.74 bits per heavy atom. The fourth-order valence-electron chi connectivity index (χ4n) is 1.97. The lowest BCUT2D eigenvalue weighted by Crippen LogP contribution is -2.45. The molecule has 0 aromatic carbocycles. The van der Waals surface area contributed by atoms with Crippen molar-refractivity contribution in [2.24, 2.45) is 0 Å². The van der Waals surface area contributed by atoms with Crippen LogP contribution < -0.4 is 4.72 Å². The quantitative estimate of drug-likeness (QED) is 0.855. The number of thiophene rings is 1. The summed E-state index contributed by atoms with van der Waals surface area (Å²) in [6.07, 6.45) is 0. The van der Waals surface area contributed by atoms with Crippen LogP contribution >= 0.6 is 27.3 Å². The minimum Gasteiger partial charge on any atom is -0.379 e. The van der Waals surface area contributed by atoms with Gasteiger partial charge in [0.05, 0.1) is 17.0 Å². The zero-order valence-corrected chi connectivity index (χ0v) is 13.9. The molecule has 1 aliphatic heterocycles. The Hall–Kier alpha value is 0.01000. The number of nitrogens with one attached hydrogen (secondary N) is 1. The third-order valence-corrected chi connectivity index (χ3v) is 6.51. The molecule has 0 spiro atoms. The second kappa shape index (κ2) is 6.64. The number of rotatable bonds is 5. The Labute approximate surface area is 126 Å². The fraction of sp³-hybridized carbons (Fsp3) is 0.636. The molecule has 0 aliphatic carbocycles. The summed E-state index contributed by atoms with van der Waals surface area (Å²) in [5, 5.41) is 0. The highest BCUT2D eigenvalue weighted by atomic mass is 79.9. The number of nitrogens with zero attached hydrogens (tertiary/aromatic N) is 1. The van der Waals surface area contributed by atoms with E-state index in [-0.39, 0.29) is 6.04 Å². The summed E-state index contributed by atoms with van der Waals surface area (Å²) < 4.78 is 33.4. The van der Waals surface area contributed by atoms with Crippen molar-refractivity contribution in [2.45, 2.75) is 17.2 Å². The van der Waals surface area contributed by atoms with E-state index < -0.39 is 10.0 Å². The summed E-state index contributed by atoms with van der Waals surface area (Å²) >= 11 is 4.49. The lowest BCUT2D eigenvalue weighted by Gasteiger charge is -2.29. The monoisotopic (exact) mass is 368 g/mol. The number of sulfonamides is 1. The summed E-state index contributed by atoms with van der Waals surface area (Å²) in [5.41, 5.74) is 0. The maximum absolute atomic E-state index is 12.1. The Morgan fingerprint density at radius 2 is 2.16 bits per heavy atom. The minimum absolute atomic E-state index is 0.121. The van der Waals surface area contributed by atoms with Crippen LogP contribution in [0.3, 0.4) is 0 Å². The Morgan fingerprint density at radius 1 is 1.47 bits per heavy atom. The molecule has 1 atom stereocenters. The van der Waals surface area contributed by atoms with Crippen LogP contribution in [0.15, 0.2) is 20.1 Å². The average Bonchev–Trinajstić information content (AvgIpc) is 2.77. The van der Waals surface area contributed by atoms with Gasteiger partial charge in [-0.1, -0.05) is 0 Å². The fourth-order valence-corrected chi connectivity index (χ4v) is 5.23.